The molecule has 0 N–H and O–H groups in total. The van der Waals surface area contributed by atoms with Crippen LogP contribution < -0.4 is 9.47 Å². The second-order valence-corrected chi connectivity index (χ2v) is 6.91. The lowest BCUT2D eigenvalue weighted by atomic mass is 10.2. The van der Waals surface area contributed by atoms with E-state index in [0.29, 0.717) is 30.5 Å². The summed E-state index contributed by atoms with van der Waals surface area (Å²) < 4.78 is 14.0. The van der Waals surface area contributed by atoms with E-state index in [4.69, 9.17) is 26.1 Å². The topological polar surface area (TPSA) is 36.3 Å². The van der Waals surface area contributed by atoms with E-state index in [1.807, 2.05) is 73.7 Å². The monoisotopic (exact) mass is 392 g/mol. The van der Waals surface area contributed by atoms with Gasteiger partial charge in [-0.1, -0.05) is 54.1 Å². The Kier molecular flexibility index (Phi) is 5.49. The van der Waals surface area contributed by atoms with Gasteiger partial charge in [0.05, 0.1) is 22.6 Å². The van der Waals surface area contributed by atoms with E-state index in [1.165, 1.54) is 0 Å². The Balaban J connectivity index is 1.53. The zero-order valence-corrected chi connectivity index (χ0v) is 16.4. The fraction of sp³-hybridized carbons (Fsp3) is 0.174. The van der Waals surface area contributed by atoms with E-state index in [9.17, 15) is 0 Å². The molecule has 4 aromatic rings. The SMILES string of the molecule is Cc1ccccc1OCCn1c(COc2ccccc2Cl)nc2ccccc21. The maximum Gasteiger partial charge on any atom is 0.148 e. The number of nitrogens with zero attached hydrogens (tertiary/aromatic N) is 2. The molecule has 0 bridgehead atoms. The first-order valence-corrected chi connectivity index (χ1v) is 9.60. The molecular weight excluding hydrogens is 372 g/mol. The maximum absolute atomic E-state index is 6.20. The van der Waals surface area contributed by atoms with E-state index >= 15 is 0 Å². The van der Waals surface area contributed by atoms with Gasteiger partial charge in [0.15, 0.2) is 0 Å². The largest absolute Gasteiger partial charge is 0.491 e. The summed E-state index contributed by atoms with van der Waals surface area (Å²) in [5.41, 5.74) is 3.13. The zero-order valence-electron chi connectivity index (χ0n) is 15.6. The van der Waals surface area contributed by atoms with Crippen molar-refractivity contribution in [2.75, 3.05) is 6.61 Å². The van der Waals surface area contributed by atoms with Crippen LogP contribution in [0.15, 0.2) is 72.8 Å². The Labute approximate surface area is 169 Å². The molecule has 0 atom stereocenters. The van der Waals surface area contributed by atoms with E-state index < -0.39 is 0 Å². The molecule has 28 heavy (non-hydrogen) atoms. The van der Waals surface area contributed by atoms with Gasteiger partial charge in [0.2, 0.25) is 0 Å². The van der Waals surface area contributed by atoms with Gasteiger partial charge in [-0.05, 0) is 42.8 Å². The molecule has 4 rings (SSSR count). The van der Waals surface area contributed by atoms with Crippen molar-refractivity contribution >= 4 is 22.6 Å². The van der Waals surface area contributed by atoms with Crippen LogP contribution in [0.25, 0.3) is 11.0 Å². The molecule has 0 amide bonds. The van der Waals surface area contributed by atoms with Crippen LogP contribution in [0.3, 0.4) is 0 Å². The van der Waals surface area contributed by atoms with Crippen LogP contribution in [0.1, 0.15) is 11.4 Å². The first-order valence-electron chi connectivity index (χ1n) is 9.22. The minimum absolute atomic E-state index is 0.336. The molecule has 0 aliphatic carbocycles. The number of rotatable bonds is 7. The third-order valence-corrected chi connectivity index (χ3v) is 4.91. The van der Waals surface area contributed by atoms with Crippen LogP contribution in [0.5, 0.6) is 11.5 Å². The number of aromatic nitrogens is 2. The smallest absolute Gasteiger partial charge is 0.148 e. The third kappa shape index (κ3) is 3.97. The van der Waals surface area contributed by atoms with Crippen molar-refractivity contribution in [3.8, 4) is 11.5 Å². The minimum Gasteiger partial charge on any atom is -0.491 e. The van der Waals surface area contributed by atoms with Gasteiger partial charge in [0.1, 0.15) is 30.5 Å². The van der Waals surface area contributed by atoms with Gasteiger partial charge in [-0.2, -0.15) is 0 Å². The van der Waals surface area contributed by atoms with Crippen molar-refractivity contribution in [3.63, 3.8) is 0 Å². The van der Waals surface area contributed by atoms with Crippen molar-refractivity contribution in [2.45, 2.75) is 20.1 Å². The highest BCUT2D eigenvalue weighted by atomic mass is 35.5. The summed E-state index contributed by atoms with van der Waals surface area (Å²) >= 11 is 6.20. The summed E-state index contributed by atoms with van der Waals surface area (Å²) in [6.45, 7) is 3.61. The lowest BCUT2D eigenvalue weighted by Crippen LogP contribution is -2.13. The molecule has 0 unspecified atom stereocenters. The molecule has 0 radical (unpaired) electrons. The average Bonchev–Trinajstić information content (AvgIpc) is 3.06. The number of aryl methyl sites for hydroxylation is 1. The summed E-state index contributed by atoms with van der Waals surface area (Å²) in [5.74, 6) is 2.40. The van der Waals surface area contributed by atoms with E-state index in [1.54, 1.807) is 0 Å². The Morgan fingerprint density at radius 3 is 2.39 bits per heavy atom. The molecule has 1 heterocycles. The molecule has 0 saturated heterocycles. The van der Waals surface area contributed by atoms with Crippen molar-refractivity contribution in [2.24, 2.45) is 0 Å². The van der Waals surface area contributed by atoms with Gasteiger partial charge >= 0.3 is 0 Å². The van der Waals surface area contributed by atoms with E-state index in [2.05, 4.69) is 10.6 Å². The highest BCUT2D eigenvalue weighted by Gasteiger charge is 2.12. The molecule has 5 heteroatoms. The molecule has 4 nitrogen and oxygen atoms in total. The predicted octanol–water partition coefficient (Wildman–Crippen LogP) is 5.66. The first-order chi connectivity index (χ1) is 13.7. The summed E-state index contributed by atoms with van der Waals surface area (Å²) in [4.78, 5) is 4.74. The fourth-order valence-corrected chi connectivity index (χ4v) is 3.34. The van der Waals surface area contributed by atoms with Crippen molar-refractivity contribution in [1.82, 2.24) is 9.55 Å². The molecule has 0 spiro atoms. The van der Waals surface area contributed by atoms with Crippen LogP contribution in [-0.4, -0.2) is 16.2 Å². The fourth-order valence-electron chi connectivity index (χ4n) is 3.15. The Hall–Kier alpha value is -2.98. The van der Waals surface area contributed by atoms with Gasteiger partial charge < -0.3 is 14.0 Å². The first kappa shape index (κ1) is 18.4. The van der Waals surface area contributed by atoms with Gasteiger partial charge in [-0.15, -0.1) is 0 Å². The van der Waals surface area contributed by atoms with Crippen LogP contribution >= 0.6 is 11.6 Å². The number of hydrogen-bond donors (Lipinski definition) is 0. The van der Waals surface area contributed by atoms with E-state index in [0.717, 1.165) is 28.2 Å². The number of hydrogen-bond acceptors (Lipinski definition) is 3. The van der Waals surface area contributed by atoms with Crippen LogP contribution in [0.2, 0.25) is 5.02 Å². The van der Waals surface area contributed by atoms with Crippen molar-refractivity contribution in [3.05, 3.63) is 89.2 Å². The summed E-state index contributed by atoms with van der Waals surface area (Å²) in [5, 5.41) is 0.591. The molecule has 0 aliphatic rings. The Morgan fingerprint density at radius 2 is 1.57 bits per heavy atom. The lowest BCUT2D eigenvalue weighted by molar-refractivity contribution is 0.272. The third-order valence-electron chi connectivity index (χ3n) is 4.59. The van der Waals surface area contributed by atoms with Gasteiger partial charge in [0.25, 0.3) is 0 Å². The van der Waals surface area contributed by atoms with Crippen LogP contribution in [0, 0.1) is 6.92 Å². The molecule has 0 saturated carbocycles. The highest BCUT2D eigenvalue weighted by Crippen LogP contribution is 2.25. The average molecular weight is 393 g/mol. The Morgan fingerprint density at radius 1 is 0.857 bits per heavy atom. The summed E-state index contributed by atoms with van der Waals surface area (Å²) in [6, 6.07) is 23.6. The number of ether oxygens (including phenoxy) is 2. The summed E-state index contributed by atoms with van der Waals surface area (Å²) in [7, 11) is 0. The van der Waals surface area contributed by atoms with Gasteiger partial charge in [0, 0.05) is 0 Å². The zero-order chi connectivity index (χ0) is 19.3. The highest BCUT2D eigenvalue weighted by molar-refractivity contribution is 6.32. The maximum atomic E-state index is 6.20. The molecule has 3 aromatic carbocycles. The summed E-state index contributed by atoms with van der Waals surface area (Å²) in [6.07, 6.45) is 0. The predicted molar refractivity (Wildman–Crippen MR) is 112 cm³/mol. The number of imidazole rings is 1. The van der Waals surface area contributed by atoms with E-state index in [-0.39, 0.29) is 0 Å². The van der Waals surface area contributed by atoms with Gasteiger partial charge in [-0.25, -0.2) is 4.98 Å². The second-order valence-electron chi connectivity index (χ2n) is 6.50. The molecule has 142 valence electrons. The standard InChI is InChI=1S/C23H21ClN2O2/c1-17-8-2-6-12-21(17)27-15-14-26-20-11-5-4-10-19(20)25-23(26)16-28-22-13-7-3-9-18(22)24/h2-13H,14-16H2,1H3. The van der Waals surface area contributed by atoms with Crippen molar-refractivity contribution in [1.29, 1.82) is 0 Å². The Bertz CT molecular complexity index is 1090. The quantitative estimate of drug-likeness (QED) is 0.407. The second kappa shape index (κ2) is 8.36. The van der Waals surface area contributed by atoms with Crippen LogP contribution in [0.4, 0.5) is 0 Å². The van der Waals surface area contributed by atoms with Crippen molar-refractivity contribution < 1.29 is 9.47 Å². The molecular formula is C23H21ClN2O2. The number of fused-ring (bicyclic) bond motifs is 1. The number of halogens is 1. The van der Waals surface area contributed by atoms with Crippen LogP contribution in [-0.2, 0) is 13.2 Å². The molecule has 0 fully saturated rings. The lowest BCUT2D eigenvalue weighted by Gasteiger charge is -2.13. The number of benzene rings is 3. The molecule has 1 aromatic heterocycles. The minimum atomic E-state index is 0.336. The van der Waals surface area contributed by atoms with Gasteiger partial charge in [-0.3, -0.25) is 0 Å². The molecule has 0 aliphatic heterocycles. The number of para-hydroxylation sites is 4. The normalized spacial score (nSPS) is 10.9.